The summed E-state index contributed by atoms with van der Waals surface area (Å²) in [5.74, 6) is 0.148. The summed E-state index contributed by atoms with van der Waals surface area (Å²) in [5, 5.41) is 3.28. The zero-order valence-electron chi connectivity index (χ0n) is 13.7. The minimum absolute atomic E-state index is 0.148. The van der Waals surface area contributed by atoms with Gasteiger partial charge < -0.3 is 19.7 Å². The van der Waals surface area contributed by atoms with Crippen molar-refractivity contribution in [1.82, 2.24) is 10.2 Å². The smallest absolute Gasteiger partial charge is 0.242 e. The summed E-state index contributed by atoms with van der Waals surface area (Å²) in [4.78, 5) is 14.8. The van der Waals surface area contributed by atoms with E-state index in [-0.39, 0.29) is 18.1 Å². The maximum atomic E-state index is 12.9. The third-order valence-corrected chi connectivity index (χ3v) is 4.34. The van der Waals surface area contributed by atoms with Gasteiger partial charge in [0, 0.05) is 26.3 Å². The van der Waals surface area contributed by atoms with E-state index in [1.165, 1.54) is 0 Å². The lowest BCUT2D eigenvalue weighted by Gasteiger charge is -2.35. The van der Waals surface area contributed by atoms with Gasteiger partial charge in [0.15, 0.2) is 0 Å². The molecule has 2 aliphatic heterocycles. The normalized spacial score (nSPS) is 26.2. The number of carbonyl (C=O) groups excluding carboxylic acids is 1. The molecule has 1 amide bonds. The first kappa shape index (κ1) is 16.7. The molecule has 0 aliphatic carbocycles. The molecule has 122 valence electrons. The zero-order chi connectivity index (χ0) is 15.3. The zero-order valence-corrected chi connectivity index (χ0v) is 13.7. The molecule has 2 aliphatic rings. The molecule has 2 unspecified atom stereocenters. The number of rotatable bonds is 7. The van der Waals surface area contributed by atoms with Gasteiger partial charge in [-0.25, -0.2) is 0 Å². The SMILES string of the molecule is CCNC(C)(C)C(=O)N(CC1CCCO1)CC1CCCO1. The van der Waals surface area contributed by atoms with E-state index in [9.17, 15) is 4.79 Å². The molecular formula is C16H30N2O3. The van der Waals surface area contributed by atoms with E-state index >= 15 is 0 Å². The Hall–Kier alpha value is -0.650. The van der Waals surface area contributed by atoms with E-state index in [2.05, 4.69) is 5.32 Å². The van der Waals surface area contributed by atoms with Crippen LogP contribution < -0.4 is 5.32 Å². The first-order chi connectivity index (χ1) is 10.0. The summed E-state index contributed by atoms with van der Waals surface area (Å²) < 4.78 is 11.4. The maximum Gasteiger partial charge on any atom is 0.242 e. The van der Waals surface area contributed by atoms with Crippen LogP contribution in [0.5, 0.6) is 0 Å². The molecule has 0 aromatic heterocycles. The van der Waals surface area contributed by atoms with Crippen molar-refractivity contribution in [3.63, 3.8) is 0 Å². The molecule has 2 fully saturated rings. The Morgan fingerprint density at radius 1 is 1.14 bits per heavy atom. The van der Waals surface area contributed by atoms with E-state index in [4.69, 9.17) is 9.47 Å². The molecule has 2 atom stereocenters. The highest BCUT2D eigenvalue weighted by Gasteiger charge is 2.34. The fourth-order valence-corrected chi connectivity index (χ4v) is 3.22. The van der Waals surface area contributed by atoms with Gasteiger partial charge in [-0.2, -0.15) is 0 Å². The maximum absolute atomic E-state index is 12.9. The van der Waals surface area contributed by atoms with Gasteiger partial charge >= 0.3 is 0 Å². The standard InChI is InChI=1S/C16H30N2O3/c1-4-17-16(2,3)15(19)18(11-13-7-5-9-20-13)12-14-8-6-10-21-14/h13-14,17H,4-12H2,1-3H3. The van der Waals surface area contributed by atoms with Crippen LogP contribution in [0.2, 0.25) is 0 Å². The van der Waals surface area contributed by atoms with Gasteiger partial charge in [0.05, 0.1) is 17.7 Å². The number of hydrogen-bond acceptors (Lipinski definition) is 4. The van der Waals surface area contributed by atoms with E-state index in [0.29, 0.717) is 13.1 Å². The van der Waals surface area contributed by atoms with Crippen LogP contribution in [0.4, 0.5) is 0 Å². The summed E-state index contributed by atoms with van der Waals surface area (Å²) in [6.07, 6.45) is 4.68. The van der Waals surface area contributed by atoms with Gasteiger partial charge in [-0.15, -0.1) is 0 Å². The van der Waals surface area contributed by atoms with Crippen LogP contribution in [0.1, 0.15) is 46.5 Å². The fourth-order valence-electron chi connectivity index (χ4n) is 3.22. The van der Waals surface area contributed by atoms with Gasteiger partial charge in [-0.05, 0) is 46.1 Å². The van der Waals surface area contributed by atoms with Gasteiger partial charge in [0.1, 0.15) is 0 Å². The second kappa shape index (κ2) is 7.56. The molecule has 0 saturated carbocycles. The second-order valence-electron chi connectivity index (χ2n) is 6.64. The van der Waals surface area contributed by atoms with Gasteiger partial charge in [-0.3, -0.25) is 4.79 Å². The predicted octanol–water partition coefficient (Wildman–Crippen LogP) is 1.56. The van der Waals surface area contributed by atoms with Crippen LogP contribution in [-0.2, 0) is 14.3 Å². The van der Waals surface area contributed by atoms with E-state index < -0.39 is 5.54 Å². The second-order valence-corrected chi connectivity index (χ2v) is 6.64. The lowest BCUT2D eigenvalue weighted by molar-refractivity contribution is -0.140. The van der Waals surface area contributed by atoms with Crippen LogP contribution in [0.3, 0.4) is 0 Å². The highest BCUT2D eigenvalue weighted by molar-refractivity contribution is 5.85. The van der Waals surface area contributed by atoms with Crippen molar-refractivity contribution >= 4 is 5.91 Å². The Morgan fingerprint density at radius 3 is 2.05 bits per heavy atom. The van der Waals surface area contributed by atoms with Gasteiger partial charge in [-0.1, -0.05) is 6.92 Å². The average molecular weight is 298 g/mol. The number of likely N-dealkylation sites (N-methyl/N-ethyl adjacent to an activating group) is 1. The molecule has 1 N–H and O–H groups in total. The van der Waals surface area contributed by atoms with E-state index in [1.54, 1.807) is 0 Å². The van der Waals surface area contributed by atoms with Crippen LogP contribution in [-0.4, -0.2) is 61.4 Å². The molecule has 5 nitrogen and oxygen atoms in total. The molecule has 0 aromatic carbocycles. The molecule has 2 rings (SSSR count). The van der Waals surface area contributed by atoms with Crippen LogP contribution in [0, 0.1) is 0 Å². The number of carbonyl (C=O) groups is 1. The summed E-state index contributed by atoms with van der Waals surface area (Å²) >= 11 is 0. The van der Waals surface area contributed by atoms with Crippen molar-refractivity contribution < 1.29 is 14.3 Å². The van der Waals surface area contributed by atoms with Crippen molar-refractivity contribution in [2.24, 2.45) is 0 Å². The Morgan fingerprint density at radius 2 is 1.67 bits per heavy atom. The Kier molecular flexibility index (Phi) is 6.02. The molecule has 0 bridgehead atoms. The molecule has 5 heteroatoms. The molecule has 2 heterocycles. The molecule has 2 saturated heterocycles. The number of amides is 1. The predicted molar refractivity (Wildman–Crippen MR) is 82.3 cm³/mol. The average Bonchev–Trinajstić information content (AvgIpc) is 3.10. The quantitative estimate of drug-likeness (QED) is 0.775. The molecule has 21 heavy (non-hydrogen) atoms. The lowest BCUT2D eigenvalue weighted by atomic mass is 10.0. The summed E-state index contributed by atoms with van der Waals surface area (Å²) in [7, 11) is 0. The minimum atomic E-state index is -0.536. The monoisotopic (exact) mass is 298 g/mol. The van der Waals surface area contributed by atoms with Crippen molar-refractivity contribution in [1.29, 1.82) is 0 Å². The minimum Gasteiger partial charge on any atom is -0.376 e. The number of hydrogen-bond donors (Lipinski definition) is 1. The number of nitrogens with zero attached hydrogens (tertiary/aromatic N) is 1. The van der Waals surface area contributed by atoms with Crippen molar-refractivity contribution in [2.45, 2.75) is 64.2 Å². The Bertz CT molecular complexity index is 316. The van der Waals surface area contributed by atoms with Gasteiger partial charge in [0.25, 0.3) is 0 Å². The van der Waals surface area contributed by atoms with Gasteiger partial charge in [0.2, 0.25) is 5.91 Å². The van der Waals surface area contributed by atoms with Crippen molar-refractivity contribution in [2.75, 3.05) is 32.8 Å². The van der Waals surface area contributed by atoms with Crippen LogP contribution in [0.15, 0.2) is 0 Å². The summed E-state index contributed by atoms with van der Waals surface area (Å²) in [5.41, 5.74) is -0.536. The van der Waals surface area contributed by atoms with Crippen LogP contribution in [0.25, 0.3) is 0 Å². The third-order valence-electron chi connectivity index (χ3n) is 4.34. The molecule has 0 aromatic rings. The summed E-state index contributed by atoms with van der Waals surface area (Å²) in [6.45, 7) is 9.74. The topological polar surface area (TPSA) is 50.8 Å². The Balaban J connectivity index is 1.99. The van der Waals surface area contributed by atoms with Crippen molar-refractivity contribution in [3.05, 3.63) is 0 Å². The largest absolute Gasteiger partial charge is 0.376 e. The summed E-state index contributed by atoms with van der Waals surface area (Å²) in [6, 6.07) is 0. The van der Waals surface area contributed by atoms with E-state index in [1.807, 2.05) is 25.7 Å². The number of nitrogens with one attached hydrogen (secondary N) is 1. The molecule has 0 spiro atoms. The molecular weight excluding hydrogens is 268 g/mol. The number of ether oxygens (including phenoxy) is 2. The fraction of sp³-hybridized carbons (Fsp3) is 0.938. The third kappa shape index (κ3) is 4.66. The highest BCUT2D eigenvalue weighted by atomic mass is 16.5. The highest BCUT2D eigenvalue weighted by Crippen LogP contribution is 2.19. The van der Waals surface area contributed by atoms with Crippen molar-refractivity contribution in [3.8, 4) is 0 Å². The van der Waals surface area contributed by atoms with Crippen LogP contribution >= 0.6 is 0 Å². The first-order valence-corrected chi connectivity index (χ1v) is 8.30. The van der Waals surface area contributed by atoms with E-state index in [0.717, 1.165) is 45.4 Å². The first-order valence-electron chi connectivity index (χ1n) is 8.30. The molecule has 0 radical (unpaired) electrons. The lowest BCUT2D eigenvalue weighted by Crippen LogP contribution is -2.56. The Labute approximate surface area is 128 Å².